The highest BCUT2D eigenvalue weighted by atomic mass is 32.1. The predicted molar refractivity (Wildman–Crippen MR) is 231 cm³/mol. The summed E-state index contributed by atoms with van der Waals surface area (Å²) in [4.78, 5) is 14.8. The third kappa shape index (κ3) is 6.29. The normalized spacial score (nSPS) is 11.3. The smallest absolute Gasteiger partial charge is 0.164 e. The topological polar surface area (TPSA) is 38.7 Å². The highest BCUT2D eigenvalue weighted by Crippen LogP contribution is 2.46. The average molecular weight is 720 g/mol. The van der Waals surface area contributed by atoms with Gasteiger partial charge in [0, 0.05) is 42.4 Å². The molecule has 8 aromatic carbocycles. The first-order valence-electron chi connectivity index (χ1n) is 18.4. The molecule has 0 spiro atoms. The van der Waals surface area contributed by atoms with Gasteiger partial charge in [-0.15, -0.1) is 11.3 Å². The van der Waals surface area contributed by atoms with Crippen LogP contribution in [-0.4, -0.2) is 15.0 Å². The second-order valence-corrected chi connectivity index (χ2v) is 14.6. The van der Waals surface area contributed by atoms with Crippen molar-refractivity contribution in [3.63, 3.8) is 0 Å². The molecule has 0 aliphatic heterocycles. The number of aromatic nitrogens is 3. The van der Waals surface area contributed by atoms with E-state index in [1.807, 2.05) is 72.0 Å². The van der Waals surface area contributed by atoms with E-state index in [1.54, 1.807) is 0 Å². The summed E-state index contributed by atoms with van der Waals surface area (Å²) in [6, 6.07) is 70.5. The lowest BCUT2D eigenvalue weighted by Crippen LogP contribution is -2.00. The lowest BCUT2D eigenvalue weighted by Gasteiger charge is -2.10. The molecule has 0 saturated carbocycles. The van der Waals surface area contributed by atoms with Crippen LogP contribution in [0.4, 0.5) is 0 Å². The first-order valence-corrected chi connectivity index (χ1v) is 19.3. The van der Waals surface area contributed by atoms with Gasteiger partial charge in [-0.05, 0) is 57.1 Å². The Labute approximate surface area is 323 Å². The molecule has 2 heterocycles. The first-order chi connectivity index (χ1) is 27.2. The summed E-state index contributed by atoms with van der Waals surface area (Å²) in [5, 5.41) is 2.58. The van der Waals surface area contributed by atoms with Crippen molar-refractivity contribution >= 4 is 31.5 Å². The second kappa shape index (κ2) is 14.1. The predicted octanol–water partition coefficient (Wildman–Crippen LogP) is 13.9. The van der Waals surface area contributed by atoms with Gasteiger partial charge in [-0.25, -0.2) is 15.0 Å². The van der Waals surface area contributed by atoms with Gasteiger partial charge in [0.15, 0.2) is 17.5 Å². The van der Waals surface area contributed by atoms with Crippen LogP contribution in [0.15, 0.2) is 200 Å². The molecule has 0 aliphatic rings. The fourth-order valence-electron chi connectivity index (χ4n) is 7.37. The van der Waals surface area contributed by atoms with Crippen LogP contribution in [0.5, 0.6) is 0 Å². The Kier molecular flexibility index (Phi) is 8.36. The zero-order valence-corrected chi connectivity index (χ0v) is 30.6. The standard InChI is InChI=1S/C51H33N3S/c1-5-15-34(16-6-1)42-32-45(36-17-7-2-8-18-36)48-46(33-42)44-26-14-25-43(47(44)55-48)37-29-27-35(28-30-37)40-23-13-24-41(31-40)51-53-49(38-19-9-3-10-20-38)52-50(54-51)39-21-11-4-12-22-39/h1-33H. The van der Waals surface area contributed by atoms with Crippen LogP contribution in [0.3, 0.4) is 0 Å². The highest BCUT2D eigenvalue weighted by Gasteiger charge is 2.17. The van der Waals surface area contributed by atoms with Gasteiger partial charge in [0.05, 0.1) is 0 Å². The Morgan fingerprint density at radius 3 is 1.31 bits per heavy atom. The van der Waals surface area contributed by atoms with Crippen LogP contribution in [-0.2, 0) is 0 Å². The van der Waals surface area contributed by atoms with E-state index in [4.69, 9.17) is 15.0 Å². The molecular formula is C51H33N3S. The molecule has 0 saturated heterocycles. The van der Waals surface area contributed by atoms with Crippen molar-refractivity contribution in [2.45, 2.75) is 0 Å². The van der Waals surface area contributed by atoms with Crippen molar-refractivity contribution in [2.75, 3.05) is 0 Å². The molecule has 0 radical (unpaired) electrons. The van der Waals surface area contributed by atoms with Crippen molar-refractivity contribution in [3.05, 3.63) is 200 Å². The summed E-state index contributed by atoms with van der Waals surface area (Å²) in [7, 11) is 0. The number of benzene rings is 8. The molecule has 2 aromatic heterocycles. The van der Waals surface area contributed by atoms with E-state index in [-0.39, 0.29) is 0 Å². The minimum Gasteiger partial charge on any atom is -0.208 e. The molecule has 3 nitrogen and oxygen atoms in total. The quantitative estimate of drug-likeness (QED) is 0.165. The van der Waals surface area contributed by atoms with E-state index in [2.05, 4.69) is 140 Å². The van der Waals surface area contributed by atoms with E-state index in [0.717, 1.165) is 27.8 Å². The fourth-order valence-corrected chi connectivity index (χ4v) is 8.73. The first kappa shape index (κ1) is 32.6. The second-order valence-electron chi connectivity index (χ2n) is 13.6. The van der Waals surface area contributed by atoms with Crippen molar-refractivity contribution < 1.29 is 0 Å². The number of rotatable bonds is 7. The van der Waals surface area contributed by atoms with Crippen molar-refractivity contribution in [3.8, 4) is 78.7 Å². The SMILES string of the molecule is c1ccc(-c2cc(-c3ccccc3)c3sc4c(-c5ccc(-c6cccc(-c7nc(-c8ccccc8)nc(-c8ccccc8)n7)c6)cc5)cccc4c3c2)cc1. The zero-order valence-electron chi connectivity index (χ0n) is 29.8. The zero-order chi connectivity index (χ0) is 36.6. The molecule has 0 N–H and O–H groups in total. The number of thiophene rings is 1. The number of nitrogens with zero attached hydrogens (tertiary/aromatic N) is 3. The third-order valence-electron chi connectivity index (χ3n) is 10.1. The molecule has 0 atom stereocenters. The Bertz CT molecular complexity index is 2880. The molecule has 10 aromatic rings. The van der Waals surface area contributed by atoms with Crippen molar-refractivity contribution in [1.82, 2.24) is 15.0 Å². The molecule has 0 fully saturated rings. The lowest BCUT2D eigenvalue weighted by molar-refractivity contribution is 1.07. The maximum atomic E-state index is 4.96. The number of hydrogen-bond donors (Lipinski definition) is 0. The highest BCUT2D eigenvalue weighted by molar-refractivity contribution is 7.26. The summed E-state index contributed by atoms with van der Waals surface area (Å²) in [6.07, 6.45) is 0. The minimum atomic E-state index is 0.646. The minimum absolute atomic E-state index is 0.646. The van der Waals surface area contributed by atoms with Gasteiger partial charge in [0.25, 0.3) is 0 Å². The van der Waals surface area contributed by atoms with E-state index in [9.17, 15) is 0 Å². The largest absolute Gasteiger partial charge is 0.208 e. The summed E-state index contributed by atoms with van der Waals surface area (Å²) < 4.78 is 2.61. The molecule has 0 unspecified atom stereocenters. The van der Waals surface area contributed by atoms with Gasteiger partial charge in [-0.3, -0.25) is 0 Å². The van der Waals surface area contributed by atoms with Crippen LogP contribution < -0.4 is 0 Å². The molecule has 0 aliphatic carbocycles. The molecule has 55 heavy (non-hydrogen) atoms. The van der Waals surface area contributed by atoms with Gasteiger partial charge in [0.1, 0.15) is 0 Å². The molecule has 0 amide bonds. The third-order valence-corrected chi connectivity index (χ3v) is 11.4. The summed E-state index contributed by atoms with van der Waals surface area (Å²) in [5.41, 5.74) is 12.5. The monoisotopic (exact) mass is 719 g/mol. The van der Waals surface area contributed by atoms with Gasteiger partial charge in [-0.1, -0.05) is 182 Å². The maximum Gasteiger partial charge on any atom is 0.164 e. The van der Waals surface area contributed by atoms with Crippen LogP contribution in [0, 0.1) is 0 Å². The summed E-state index contributed by atoms with van der Waals surface area (Å²) in [5.74, 6) is 1.96. The molecule has 0 bridgehead atoms. The van der Waals surface area contributed by atoms with E-state index < -0.39 is 0 Å². The van der Waals surface area contributed by atoms with Crippen LogP contribution in [0.2, 0.25) is 0 Å². The van der Waals surface area contributed by atoms with Crippen molar-refractivity contribution in [1.29, 1.82) is 0 Å². The summed E-state index contributed by atoms with van der Waals surface area (Å²) >= 11 is 1.89. The van der Waals surface area contributed by atoms with E-state index in [1.165, 1.54) is 53.6 Å². The Balaban J connectivity index is 1.04. The average Bonchev–Trinajstić information content (AvgIpc) is 3.66. The van der Waals surface area contributed by atoms with Crippen LogP contribution >= 0.6 is 11.3 Å². The Hall–Kier alpha value is -7.01. The fraction of sp³-hybridized carbons (Fsp3) is 0. The Morgan fingerprint density at radius 1 is 0.255 bits per heavy atom. The molecule has 258 valence electrons. The van der Waals surface area contributed by atoms with Gasteiger partial charge >= 0.3 is 0 Å². The van der Waals surface area contributed by atoms with E-state index in [0.29, 0.717) is 17.5 Å². The number of hydrogen-bond acceptors (Lipinski definition) is 4. The van der Waals surface area contributed by atoms with Crippen molar-refractivity contribution in [2.24, 2.45) is 0 Å². The summed E-state index contributed by atoms with van der Waals surface area (Å²) in [6.45, 7) is 0. The van der Waals surface area contributed by atoms with Crippen LogP contribution in [0.25, 0.3) is 98.8 Å². The van der Waals surface area contributed by atoms with E-state index >= 15 is 0 Å². The molecular weight excluding hydrogens is 687 g/mol. The van der Waals surface area contributed by atoms with Crippen LogP contribution in [0.1, 0.15) is 0 Å². The lowest BCUT2D eigenvalue weighted by atomic mass is 9.95. The van der Waals surface area contributed by atoms with Gasteiger partial charge in [-0.2, -0.15) is 0 Å². The Morgan fingerprint density at radius 2 is 0.691 bits per heavy atom. The molecule has 4 heteroatoms. The van der Waals surface area contributed by atoms with Gasteiger partial charge < -0.3 is 0 Å². The molecule has 10 rings (SSSR count). The maximum absolute atomic E-state index is 4.96. The van der Waals surface area contributed by atoms with Gasteiger partial charge in [0.2, 0.25) is 0 Å². The number of fused-ring (bicyclic) bond motifs is 3.